The van der Waals surface area contributed by atoms with E-state index in [0.717, 1.165) is 23.9 Å². The molecule has 1 heterocycles. The van der Waals surface area contributed by atoms with Gasteiger partial charge in [0.2, 0.25) is 0 Å². The van der Waals surface area contributed by atoms with Gasteiger partial charge in [0, 0.05) is 30.6 Å². The van der Waals surface area contributed by atoms with Crippen LogP contribution in [0.2, 0.25) is 0 Å². The molecule has 5 N–H and O–H groups in total. The van der Waals surface area contributed by atoms with Crippen LogP contribution in [0.3, 0.4) is 0 Å². The molecule has 0 saturated heterocycles. The van der Waals surface area contributed by atoms with Crippen LogP contribution in [0.5, 0.6) is 5.75 Å². The van der Waals surface area contributed by atoms with Gasteiger partial charge in [-0.1, -0.05) is 0 Å². The molecule has 0 spiro atoms. The van der Waals surface area contributed by atoms with E-state index in [1.165, 1.54) is 12.6 Å². The lowest BCUT2D eigenvalue weighted by Crippen LogP contribution is -2.51. The highest BCUT2D eigenvalue weighted by Crippen LogP contribution is 2.23. The van der Waals surface area contributed by atoms with E-state index in [0.29, 0.717) is 5.75 Å². The van der Waals surface area contributed by atoms with E-state index in [4.69, 9.17) is 4.74 Å². The number of quaternary nitrogens is 1. The number of carbonyl (C=O) groups is 1. The number of fused-ring (bicyclic) bond motifs is 1. The molecule has 90 valence electrons. The normalized spacial score (nSPS) is 10.5. The third-order valence-electron chi connectivity index (χ3n) is 2.60. The standard InChI is InChI=1S/C12H15N3O2/c1-14-12(16)17-9-2-3-11-10(6-9)8(4-5-13)7-15-11/h2-3,6-7,15H,4-5,13H2,1H3,(H,14,16)/p+1. The molecule has 0 aliphatic carbocycles. The van der Waals surface area contributed by atoms with Crippen molar-refractivity contribution in [2.45, 2.75) is 6.42 Å². The fraction of sp³-hybridized carbons (Fsp3) is 0.250. The Bertz CT molecular complexity index is 534. The molecule has 1 aromatic carbocycles. The Labute approximate surface area is 98.9 Å². The number of aromatic amines is 1. The lowest BCUT2D eigenvalue weighted by atomic mass is 10.1. The van der Waals surface area contributed by atoms with Gasteiger partial charge >= 0.3 is 6.09 Å². The smallest absolute Gasteiger partial charge is 0.410 e. The minimum absolute atomic E-state index is 0.460. The van der Waals surface area contributed by atoms with Crippen molar-refractivity contribution in [2.75, 3.05) is 13.6 Å². The second kappa shape index (κ2) is 4.88. The maximum Gasteiger partial charge on any atom is 0.412 e. The summed E-state index contributed by atoms with van der Waals surface area (Å²) in [5.41, 5.74) is 6.07. The van der Waals surface area contributed by atoms with Gasteiger partial charge in [-0.05, 0) is 23.8 Å². The monoisotopic (exact) mass is 234 g/mol. The first-order chi connectivity index (χ1) is 8.24. The molecule has 17 heavy (non-hydrogen) atoms. The van der Waals surface area contributed by atoms with Crippen molar-refractivity contribution in [3.05, 3.63) is 30.0 Å². The van der Waals surface area contributed by atoms with Gasteiger partial charge in [0.05, 0.1) is 6.54 Å². The quantitative estimate of drug-likeness (QED) is 0.729. The van der Waals surface area contributed by atoms with E-state index < -0.39 is 6.09 Å². The summed E-state index contributed by atoms with van der Waals surface area (Å²) < 4.78 is 5.09. The number of hydrogen-bond acceptors (Lipinski definition) is 2. The first-order valence-corrected chi connectivity index (χ1v) is 5.53. The second-order valence-corrected chi connectivity index (χ2v) is 3.76. The molecule has 0 bridgehead atoms. The molecule has 5 nitrogen and oxygen atoms in total. The third kappa shape index (κ3) is 2.39. The number of carbonyl (C=O) groups excluding carboxylic acids is 1. The number of ether oxygens (including phenoxy) is 1. The summed E-state index contributed by atoms with van der Waals surface area (Å²) in [6.45, 7) is 0.841. The predicted molar refractivity (Wildman–Crippen MR) is 64.8 cm³/mol. The summed E-state index contributed by atoms with van der Waals surface area (Å²) in [5, 5.41) is 3.49. The maximum atomic E-state index is 11.1. The Kier molecular flexibility index (Phi) is 3.30. The molecule has 0 fully saturated rings. The zero-order chi connectivity index (χ0) is 12.3. The Morgan fingerprint density at radius 3 is 3.06 bits per heavy atom. The minimum atomic E-state index is -0.460. The highest BCUT2D eigenvalue weighted by atomic mass is 16.5. The molecule has 5 heteroatoms. The van der Waals surface area contributed by atoms with E-state index in [2.05, 4.69) is 16.0 Å². The van der Waals surface area contributed by atoms with E-state index in [-0.39, 0.29) is 0 Å². The highest BCUT2D eigenvalue weighted by molar-refractivity contribution is 5.85. The lowest BCUT2D eigenvalue weighted by Gasteiger charge is -2.03. The third-order valence-corrected chi connectivity index (χ3v) is 2.60. The van der Waals surface area contributed by atoms with E-state index >= 15 is 0 Å². The van der Waals surface area contributed by atoms with Gasteiger partial charge in [-0.2, -0.15) is 0 Å². The highest BCUT2D eigenvalue weighted by Gasteiger charge is 2.07. The number of aromatic nitrogens is 1. The molecule has 0 unspecified atom stereocenters. The van der Waals surface area contributed by atoms with Crippen LogP contribution in [0.1, 0.15) is 5.56 Å². The van der Waals surface area contributed by atoms with Crippen LogP contribution in [0.25, 0.3) is 10.9 Å². The molecule has 0 saturated carbocycles. The number of hydrogen-bond donors (Lipinski definition) is 3. The molecule has 0 atom stereocenters. The summed E-state index contributed by atoms with van der Waals surface area (Å²) in [6.07, 6.45) is 2.42. The summed E-state index contributed by atoms with van der Waals surface area (Å²) in [6, 6.07) is 5.54. The Morgan fingerprint density at radius 2 is 2.35 bits per heavy atom. The summed E-state index contributed by atoms with van der Waals surface area (Å²) in [4.78, 5) is 14.3. The van der Waals surface area contributed by atoms with E-state index in [1.807, 2.05) is 18.3 Å². The Balaban J connectivity index is 2.33. The van der Waals surface area contributed by atoms with Crippen molar-refractivity contribution in [2.24, 2.45) is 0 Å². The SMILES string of the molecule is CNC(=O)Oc1ccc2[nH]cc(CC[NH3+])c2c1. The largest absolute Gasteiger partial charge is 0.412 e. The lowest BCUT2D eigenvalue weighted by molar-refractivity contribution is -0.366. The number of rotatable bonds is 3. The number of amides is 1. The molecule has 0 aliphatic heterocycles. The average Bonchev–Trinajstić information content (AvgIpc) is 2.73. The number of nitrogens with one attached hydrogen (secondary N) is 2. The molecule has 0 aliphatic rings. The van der Waals surface area contributed by atoms with Gasteiger partial charge in [0.25, 0.3) is 0 Å². The molecule has 2 aromatic rings. The van der Waals surface area contributed by atoms with Crippen LogP contribution in [0.4, 0.5) is 4.79 Å². The van der Waals surface area contributed by atoms with Gasteiger partial charge in [-0.25, -0.2) is 4.79 Å². The molecule has 2 rings (SSSR count). The van der Waals surface area contributed by atoms with Crippen molar-refractivity contribution >= 4 is 17.0 Å². The molecule has 1 amide bonds. The van der Waals surface area contributed by atoms with Crippen molar-refractivity contribution in [3.63, 3.8) is 0 Å². The second-order valence-electron chi connectivity index (χ2n) is 3.76. The van der Waals surface area contributed by atoms with Gasteiger partial charge in [0.15, 0.2) is 0 Å². The molecule has 0 radical (unpaired) electrons. The van der Waals surface area contributed by atoms with Crippen LogP contribution in [-0.4, -0.2) is 24.7 Å². The van der Waals surface area contributed by atoms with Crippen molar-refractivity contribution in [3.8, 4) is 5.75 Å². The first-order valence-electron chi connectivity index (χ1n) is 5.53. The minimum Gasteiger partial charge on any atom is -0.410 e. The Morgan fingerprint density at radius 1 is 1.53 bits per heavy atom. The van der Waals surface area contributed by atoms with Crippen LogP contribution in [-0.2, 0) is 6.42 Å². The summed E-state index contributed by atoms with van der Waals surface area (Å²) in [7, 11) is 1.53. The first kappa shape index (κ1) is 11.5. The van der Waals surface area contributed by atoms with Gasteiger partial charge < -0.3 is 20.8 Å². The van der Waals surface area contributed by atoms with Gasteiger partial charge in [0.1, 0.15) is 5.75 Å². The maximum absolute atomic E-state index is 11.1. The molecule has 1 aromatic heterocycles. The zero-order valence-electron chi connectivity index (χ0n) is 9.75. The van der Waals surface area contributed by atoms with Crippen molar-refractivity contribution in [1.29, 1.82) is 0 Å². The fourth-order valence-electron chi connectivity index (χ4n) is 1.78. The molecular formula is C12H16N3O2+. The number of benzene rings is 1. The topological polar surface area (TPSA) is 81.8 Å². The van der Waals surface area contributed by atoms with Crippen LogP contribution < -0.4 is 15.8 Å². The van der Waals surface area contributed by atoms with Crippen molar-refractivity contribution in [1.82, 2.24) is 10.3 Å². The van der Waals surface area contributed by atoms with E-state index in [9.17, 15) is 4.79 Å². The summed E-state index contributed by atoms with van der Waals surface area (Å²) in [5.74, 6) is 0.543. The van der Waals surface area contributed by atoms with E-state index in [1.54, 1.807) is 6.07 Å². The van der Waals surface area contributed by atoms with Crippen LogP contribution in [0, 0.1) is 0 Å². The fourth-order valence-corrected chi connectivity index (χ4v) is 1.78. The predicted octanol–water partition coefficient (Wildman–Crippen LogP) is 0.670. The van der Waals surface area contributed by atoms with Crippen LogP contribution >= 0.6 is 0 Å². The molecular weight excluding hydrogens is 218 g/mol. The van der Waals surface area contributed by atoms with Crippen molar-refractivity contribution < 1.29 is 15.3 Å². The number of H-pyrrole nitrogens is 1. The van der Waals surface area contributed by atoms with Crippen LogP contribution in [0.15, 0.2) is 24.4 Å². The van der Waals surface area contributed by atoms with Gasteiger partial charge in [-0.15, -0.1) is 0 Å². The zero-order valence-corrected chi connectivity index (χ0v) is 9.75. The Hall–Kier alpha value is -2.01. The van der Waals surface area contributed by atoms with Gasteiger partial charge in [-0.3, -0.25) is 0 Å². The summed E-state index contributed by atoms with van der Waals surface area (Å²) >= 11 is 0. The average molecular weight is 234 g/mol.